The molecule has 0 aliphatic carbocycles. The molecule has 0 radical (unpaired) electrons. The van der Waals surface area contributed by atoms with Crippen molar-refractivity contribution < 1.29 is 48.5 Å². The number of esters is 2. The summed E-state index contributed by atoms with van der Waals surface area (Å²) in [6, 6.07) is 33.9. The van der Waals surface area contributed by atoms with Crippen molar-refractivity contribution in [1.82, 2.24) is 20.4 Å². The van der Waals surface area contributed by atoms with Crippen molar-refractivity contribution in [1.29, 1.82) is 0 Å². The van der Waals surface area contributed by atoms with Crippen LogP contribution in [0.5, 0.6) is 0 Å². The third kappa shape index (κ3) is 15.9. The molecule has 2 amide bonds. The predicted molar refractivity (Wildman–Crippen MR) is 205 cm³/mol. The second-order valence-electron chi connectivity index (χ2n) is 13.0. The molecule has 14 heteroatoms. The lowest BCUT2D eigenvalue weighted by molar-refractivity contribution is -0.150. The molecule has 2 unspecified atom stereocenters. The van der Waals surface area contributed by atoms with Gasteiger partial charge in [-0.1, -0.05) is 121 Å². The van der Waals surface area contributed by atoms with Gasteiger partial charge in [-0.25, -0.2) is 9.59 Å². The third-order valence-corrected chi connectivity index (χ3v) is 8.44. The zero-order valence-electron chi connectivity index (χ0n) is 30.8. The number of aliphatic carboxylic acids is 2. The van der Waals surface area contributed by atoms with Gasteiger partial charge in [0.1, 0.15) is 25.3 Å². The number of carbonyl (C=O) groups is 6. The Bertz CT molecular complexity index is 1730. The standard InChI is InChI=1S/C42H46N4O10/c47-37(43-35(23-31-13-5-1-6-14-31)41(53)55-29-33-17-9-3-10-18-33)25-45(27-39(49)50)21-22-46(28-40(51)52)26-38(48)44-36(24-32-15-7-2-8-16-32)42(54)56-30-34-19-11-4-12-20-34/h1-20,35-36H,21-30H2,(H,43,47)(H,44,48)(H,49,50)(H,51,52). The van der Waals surface area contributed by atoms with Crippen molar-refractivity contribution in [2.45, 2.75) is 38.1 Å². The Kier molecular flexibility index (Phi) is 17.2. The second-order valence-corrected chi connectivity index (χ2v) is 13.0. The first-order valence-corrected chi connectivity index (χ1v) is 18.0. The molecule has 0 saturated carbocycles. The number of ether oxygens (including phenoxy) is 2. The summed E-state index contributed by atoms with van der Waals surface area (Å²) >= 11 is 0. The molecule has 0 aliphatic heterocycles. The number of hydrogen-bond acceptors (Lipinski definition) is 10. The molecule has 2 atom stereocenters. The minimum absolute atomic E-state index is 0.0131. The van der Waals surface area contributed by atoms with Crippen LogP contribution in [0.2, 0.25) is 0 Å². The molecule has 14 nitrogen and oxygen atoms in total. The van der Waals surface area contributed by atoms with Gasteiger partial charge in [-0.2, -0.15) is 0 Å². The molecule has 56 heavy (non-hydrogen) atoms. The molecule has 294 valence electrons. The monoisotopic (exact) mass is 766 g/mol. The van der Waals surface area contributed by atoms with E-state index < -0.39 is 74.0 Å². The molecule has 0 spiro atoms. The average molecular weight is 767 g/mol. The SMILES string of the molecule is O=C(O)CN(CCN(CC(=O)O)CC(=O)NC(Cc1ccccc1)C(=O)OCc1ccccc1)CC(=O)NC(Cc1ccccc1)C(=O)OCc1ccccc1. The van der Waals surface area contributed by atoms with E-state index in [1.807, 2.05) is 24.3 Å². The summed E-state index contributed by atoms with van der Waals surface area (Å²) < 4.78 is 11.0. The zero-order valence-corrected chi connectivity index (χ0v) is 30.8. The average Bonchev–Trinajstić information content (AvgIpc) is 3.18. The van der Waals surface area contributed by atoms with Gasteiger partial charge in [0.25, 0.3) is 0 Å². The van der Waals surface area contributed by atoms with Crippen molar-refractivity contribution in [3.63, 3.8) is 0 Å². The summed E-state index contributed by atoms with van der Waals surface area (Å²) in [6.07, 6.45) is 0.234. The largest absolute Gasteiger partial charge is 0.480 e. The van der Waals surface area contributed by atoms with E-state index in [2.05, 4.69) is 10.6 Å². The molecular weight excluding hydrogens is 720 g/mol. The Morgan fingerprint density at radius 1 is 0.464 bits per heavy atom. The van der Waals surface area contributed by atoms with Gasteiger partial charge >= 0.3 is 23.9 Å². The van der Waals surface area contributed by atoms with Crippen LogP contribution in [-0.2, 0) is 64.3 Å². The van der Waals surface area contributed by atoms with Gasteiger partial charge < -0.3 is 30.3 Å². The highest BCUT2D eigenvalue weighted by molar-refractivity contribution is 5.87. The van der Waals surface area contributed by atoms with Crippen LogP contribution < -0.4 is 10.6 Å². The minimum atomic E-state index is -1.25. The number of nitrogens with one attached hydrogen (secondary N) is 2. The van der Waals surface area contributed by atoms with Crippen LogP contribution in [0, 0.1) is 0 Å². The highest BCUT2D eigenvalue weighted by Gasteiger charge is 2.27. The zero-order chi connectivity index (χ0) is 40.1. The molecular formula is C42H46N4O10. The van der Waals surface area contributed by atoms with Crippen LogP contribution in [-0.4, -0.2) is 107 Å². The molecule has 0 heterocycles. The molecule has 0 saturated heterocycles. The maximum absolute atomic E-state index is 13.3. The number of amides is 2. The van der Waals surface area contributed by atoms with Crippen LogP contribution >= 0.6 is 0 Å². The van der Waals surface area contributed by atoms with Gasteiger partial charge in [-0.15, -0.1) is 0 Å². The Balaban J connectivity index is 1.39. The van der Waals surface area contributed by atoms with Crippen LogP contribution in [0.25, 0.3) is 0 Å². The molecule has 0 bridgehead atoms. The van der Waals surface area contributed by atoms with Gasteiger partial charge in [0.15, 0.2) is 0 Å². The second kappa shape index (κ2) is 22.7. The van der Waals surface area contributed by atoms with E-state index in [-0.39, 0.29) is 39.1 Å². The van der Waals surface area contributed by atoms with Crippen LogP contribution in [0.15, 0.2) is 121 Å². The Labute approximate surface area is 325 Å². The topological polar surface area (TPSA) is 192 Å². The fourth-order valence-electron chi connectivity index (χ4n) is 5.72. The van der Waals surface area contributed by atoms with Gasteiger partial charge in [-0.3, -0.25) is 29.0 Å². The molecule has 4 rings (SSSR count). The van der Waals surface area contributed by atoms with Crippen molar-refractivity contribution in [3.05, 3.63) is 144 Å². The van der Waals surface area contributed by atoms with Crippen LogP contribution in [0.4, 0.5) is 0 Å². The van der Waals surface area contributed by atoms with Crippen molar-refractivity contribution >= 4 is 35.7 Å². The van der Waals surface area contributed by atoms with E-state index >= 15 is 0 Å². The van der Waals surface area contributed by atoms with Crippen molar-refractivity contribution in [2.75, 3.05) is 39.3 Å². The van der Waals surface area contributed by atoms with E-state index in [0.717, 1.165) is 22.3 Å². The van der Waals surface area contributed by atoms with Gasteiger partial charge in [-0.05, 0) is 22.3 Å². The summed E-state index contributed by atoms with van der Waals surface area (Å²) in [5, 5.41) is 24.6. The van der Waals surface area contributed by atoms with E-state index in [9.17, 15) is 39.0 Å². The normalized spacial score (nSPS) is 12.0. The third-order valence-electron chi connectivity index (χ3n) is 8.44. The number of carboxylic acids is 2. The minimum Gasteiger partial charge on any atom is -0.480 e. The Morgan fingerprint density at radius 3 is 1.07 bits per heavy atom. The first kappa shape index (κ1) is 42.4. The fourth-order valence-corrected chi connectivity index (χ4v) is 5.72. The van der Waals surface area contributed by atoms with Gasteiger partial charge in [0, 0.05) is 25.9 Å². The lowest BCUT2D eigenvalue weighted by Gasteiger charge is -2.26. The van der Waals surface area contributed by atoms with E-state index in [0.29, 0.717) is 0 Å². The summed E-state index contributed by atoms with van der Waals surface area (Å²) in [6.45, 7) is -2.37. The molecule has 0 fully saturated rings. The van der Waals surface area contributed by atoms with Gasteiger partial charge in [0.05, 0.1) is 26.2 Å². The van der Waals surface area contributed by atoms with Crippen molar-refractivity contribution in [2.24, 2.45) is 0 Å². The maximum Gasteiger partial charge on any atom is 0.329 e. The first-order chi connectivity index (χ1) is 27.0. The number of benzene rings is 4. The number of carboxylic acid groups (broad SMARTS) is 2. The maximum atomic E-state index is 13.3. The van der Waals surface area contributed by atoms with Crippen molar-refractivity contribution in [3.8, 4) is 0 Å². The summed E-state index contributed by atoms with van der Waals surface area (Å²) in [4.78, 5) is 79.1. The van der Waals surface area contributed by atoms with E-state index in [1.54, 1.807) is 97.1 Å². The van der Waals surface area contributed by atoms with Crippen LogP contribution in [0.1, 0.15) is 22.3 Å². The van der Waals surface area contributed by atoms with E-state index in [1.165, 1.54) is 9.80 Å². The highest BCUT2D eigenvalue weighted by atomic mass is 16.5. The number of nitrogens with zero attached hydrogens (tertiary/aromatic N) is 2. The molecule has 4 aromatic carbocycles. The lowest BCUT2D eigenvalue weighted by Crippen LogP contribution is -2.51. The molecule has 0 aliphatic rings. The quantitative estimate of drug-likeness (QED) is 0.0809. The fraction of sp³-hybridized carbons (Fsp3) is 0.286. The lowest BCUT2D eigenvalue weighted by atomic mass is 10.1. The number of hydrogen-bond donors (Lipinski definition) is 4. The molecule has 4 aromatic rings. The highest BCUT2D eigenvalue weighted by Crippen LogP contribution is 2.10. The number of rotatable bonds is 23. The van der Waals surface area contributed by atoms with E-state index in [4.69, 9.17) is 9.47 Å². The first-order valence-electron chi connectivity index (χ1n) is 18.0. The smallest absolute Gasteiger partial charge is 0.329 e. The summed E-state index contributed by atoms with van der Waals surface area (Å²) in [5.41, 5.74) is 3.03. The predicted octanol–water partition coefficient (Wildman–Crippen LogP) is 2.70. The molecule has 4 N–H and O–H groups in total. The number of carbonyl (C=O) groups excluding carboxylic acids is 4. The van der Waals surface area contributed by atoms with Gasteiger partial charge in [0.2, 0.25) is 11.8 Å². The summed E-state index contributed by atoms with van der Waals surface area (Å²) in [5.74, 6) is -5.18. The van der Waals surface area contributed by atoms with Crippen LogP contribution in [0.3, 0.4) is 0 Å². The Morgan fingerprint density at radius 2 is 0.768 bits per heavy atom. The molecule has 0 aromatic heterocycles. The summed E-state index contributed by atoms with van der Waals surface area (Å²) in [7, 11) is 0. The Hall–Kier alpha value is -6.38.